The number of aryl methyl sites for hydroxylation is 2. The molecule has 1 saturated heterocycles. The first-order valence-corrected chi connectivity index (χ1v) is 11.6. The van der Waals surface area contributed by atoms with Gasteiger partial charge >= 0.3 is 0 Å². The van der Waals surface area contributed by atoms with Gasteiger partial charge in [0, 0.05) is 26.2 Å². The predicted octanol–water partition coefficient (Wildman–Crippen LogP) is 3.04. The minimum atomic E-state index is -3.50. The van der Waals surface area contributed by atoms with Crippen LogP contribution in [0.3, 0.4) is 0 Å². The van der Waals surface area contributed by atoms with Crippen LogP contribution in [0.1, 0.15) is 11.1 Å². The lowest BCUT2D eigenvalue weighted by atomic mass is 10.1. The zero-order chi connectivity index (χ0) is 19.6. The van der Waals surface area contributed by atoms with E-state index in [-0.39, 0.29) is 25.6 Å². The van der Waals surface area contributed by atoms with E-state index in [2.05, 4.69) is 15.9 Å². The molecule has 0 N–H and O–H groups in total. The summed E-state index contributed by atoms with van der Waals surface area (Å²) in [7, 11) is -3.50. The molecular formula is C18H21BrN2O4S2. The highest BCUT2D eigenvalue weighted by Crippen LogP contribution is 2.29. The molecule has 1 aromatic heterocycles. The summed E-state index contributed by atoms with van der Waals surface area (Å²) in [5.74, 6) is 0.560. The van der Waals surface area contributed by atoms with Gasteiger partial charge < -0.3 is 9.64 Å². The molecule has 9 heteroatoms. The molecule has 0 saturated carbocycles. The monoisotopic (exact) mass is 472 g/mol. The van der Waals surface area contributed by atoms with Crippen molar-refractivity contribution in [1.82, 2.24) is 9.21 Å². The van der Waals surface area contributed by atoms with Gasteiger partial charge in [0.15, 0.2) is 6.61 Å². The number of rotatable bonds is 5. The summed E-state index contributed by atoms with van der Waals surface area (Å²) in [5, 5.41) is 0. The Kier molecular flexibility index (Phi) is 6.25. The number of piperazine rings is 1. The lowest BCUT2D eigenvalue weighted by molar-refractivity contribution is -0.134. The molecule has 27 heavy (non-hydrogen) atoms. The van der Waals surface area contributed by atoms with Crippen molar-refractivity contribution < 1.29 is 17.9 Å². The first-order valence-electron chi connectivity index (χ1n) is 8.50. The van der Waals surface area contributed by atoms with E-state index in [1.54, 1.807) is 17.0 Å². The normalized spacial score (nSPS) is 15.7. The summed E-state index contributed by atoms with van der Waals surface area (Å²) in [4.78, 5) is 14.1. The Labute approximate surface area is 171 Å². The van der Waals surface area contributed by atoms with Gasteiger partial charge in [0.1, 0.15) is 9.96 Å². The quantitative estimate of drug-likeness (QED) is 0.670. The Morgan fingerprint density at radius 1 is 1.15 bits per heavy atom. The minimum absolute atomic E-state index is 0.0471. The minimum Gasteiger partial charge on any atom is -0.484 e. The highest BCUT2D eigenvalue weighted by molar-refractivity contribution is 9.11. The molecule has 0 bridgehead atoms. The summed E-state index contributed by atoms with van der Waals surface area (Å²) in [5.41, 5.74) is 2.13. The summed E-state index contributed by atoms with van der Waals surface area (Å²) in [6, 6.07) is 9.13. The largest absolute Gasteiger partial charge is 0.484 e. The Bertz CT molecular complexity index is 935. The molecule has 1 aliphatic heterocycles. The van der Waals surface area contributed by atoms with Crippen LogP contribution in [-0.2, 0) is 14.8 Å². The summed E-state index contributed by atoms with van der Waals surface area (Å²) >= 11 is 4.48. The SMILES string of the molecule is Cc1ccc(OCC(=O)N2CCN(S(=O)(=O)c3ccc(Br)s3)CC2)c(C)c1. The Morgan fingerprint density at radius 3 is 2.44 bits per heavy atom. The molecule has 1 fully saturated rings. The summed E-state index contributed by atoms with van der Waals surface area (Å²) < 4.78 is 33.4. The van der Waals surface area contributed by atoms with Gasteiger partial charge in [-0.15, -0.1) is 11.3 Å². The number of halogens is 1. The highest BCUT2D eigenvalue weighted by atomic mass is 79.9. The van der Waals surface area contributed by atoms with Crippen molar-refractivity contribution in [3.05, 3.63) is 45.2 Å². The average molecular weight is 473 g/mol. The van der Waals surface area contributed by atoms with Crippen LogP contribution in [0.4, 0.5) is 0 Å². The zero-order valence-electron chi connectivity index (χ0n) is 15.1. The van der Waals surface area contributed by atoms with E-state index < -0.39 is 10.0 Å². The molecular weight excluding hydrogens is 452 g/mol. The second-order valence-electron chi connectivity index (χ2n) is 6.40. The number of nitrogens with zero attached hydrogens (tertiary/aromatic N) is 2. The van der Waals surface area contributed by atoms with Crippen molar-refractivity contribution >= 4 is 43.2 Å². The van der Waals surface area contributed by atoms with Crippen molar-refractivity contribution in [3.8, 4) is 5.75 Å². The van der Waals surface area contributed by atoms with Crippen LogP contribution in [0.25, 0.3) is 0 Å². The number of hydrogen-bond donors (Lipinski definition) is 0. The maximum atomic E-state index is 12.6. The maximum Gasteiger partial charge on any atom is 0.260 e. The number of thiophene rings is 1. The Hall–Kier alpha value is -1.42. The third-order valence-electron chi connectivity index (χ3n) is 4.42. The van der Waals surface area contributed by atoms with Crippen LogP contribution >= 0.6 is 27.3 Å². The van der Waals surface area contributed by atoms with Crippen LogP contribution in [0, 0.1) is 13.8 Å². The van der Waals surface area contributed by atoms with Crippen molar-refractivity contribution in [1.29, 1.82) is 0 Å². The third-order valence-corrected chi connectivity index (χ3v) is 8.41. The molecule has 2 heterocycles. The third kappa shape index (κ3) is 4.71. The molecule has 2 aromatic rings. The number of sulfonamides is 1. The van der Waals surface area contributed by atoms with Crippen LogP contribution in [0.2, 0.25) is 0 Å². The number of carbonyl (C=O) groups is 1. The van der Waals surface area contributed by atoms with Crippen molar-refractivity contribution in [2.75, 3.05) is 32.8 Å². The fourth-order valence-corrected chi connectivity index (χ4v) is 6.52. The van der Waals surface area contributed by atoms with E-state index in [9.17, 15) is 13.2 Å². The van der Waals surface area contributed by atoms with Crippen LogP contribution < -0.4 is 4.74 Å². The highest BCUT2D eigenvalue weighted by Gasteiger charge is 2.31. The zero-order valence-corrected chi connectivity index (χ0v) is 18.4. The smallest absolute Gasteiger partial charge is 0.260 e. The molecule has 0 aliphatic carbocycles. The first-order chi connectivity index (χ1) is 12.8. The van der Waals surface area contributed by atoms with Gasteiger partial charge in [-0.25, -0.2) is 8.42 Å². The summed E-state index contributed by atoms with van der Waals surface area (Å²) in [6.07, 6.45) is 0. The molecule has 3 rings (SSSR count). The van der Waals surface area contributed by atoms with E-state index in [1.807, 2.05) is 32.0 Å². The fraction of sp³-hybridized carbons (Fsp3) is 0.389. The van der Waals surface area contributed by atoms with Gasteiger partial charge in [0.25, 0.3) is 15.9 Å². The second-order valence-corrected chi connectivity index (χ2v) is 11.0. The second kappa shape index (κ2) is 8.30. The molecule has 1 aromatic carbocycles. The molecule has 0 radical (unpaired) electrons. The lowest BCUT2D eigenvalue weighted by Crippen LogP contribution is -2.51. The van der Waals surface area contributed by atoms with Crippen molar-refractivity contribution in [2.45, 2.75) is 18.1 Å². The molecule has 1 amide bonds. The molecule has 146 valence electrons. The number of amides is 1. The first kappa shape index (κ1) is 20.3. The topological polar surface area (TPSA) is 66.9 Å². The molecule has 0 atom stereocenters. The van der Waals surface area contributed by atoms with Gasteiger partial charge in [0.2, 0.25) is 0 Å². The van der Waals surface area contributed by atoms with E-state index in [0.29, 0.717) is 23.0 Å². The van der Waals surface area contributed by atoms with Crippen molar-refractivity contribution in [3.63, 3.8) is 0 Å². The molecule has 0 unspecified atom stereocenters. The van der Waals surface area contributed by atoms with Crippen LogP contribution in [-0.4, -0.2) is 56.3 Å². The van der Waals surface area contributed by atoms with Gasteiger partial charge in [-0.2, -0.15) is 4.31 Å². The van der Waals surface area contributed by atoms with Gasteiger partial charge in [-0.1, -0.05) is 17.7 Å². The van der Waals surface area contributed by atoms with Gasteiger partial charge in [0.05, 0.1) is 3.79 Å². The molecule has 6 nitrogen and oxygen atoms in total. The Morgan fingerprint density at radius 2 is 1.85 bits per heavy atom. The van der Waals surface area contributed by atoms with E-state index in [0.717, 1.165) is 14.9 Å². The van der Waals surface area contributed by atoms with Crippen LogP contribution in [0.15, 0.2) is 38.3 Å². The van der Waals surface area contributed by atoms with E-state index >= 15 is 0 Å². The molecule has 0 spiro atoms. The number of hydrogen-bond acceptors (Lipinski definition) is 5. The Balaban J connectivity index is 1.55. The van der Waals surface area contributed by atoms with Gasteiger partial charge in [-0.05, 0) is 53.5 Å². The predicted molar refractivity (Wildman–Crippen MR) is 109 cm³/mol. The average Bonchev–Trinajstić information content (AvgIpc) is 3.08. The van der Waals surface area contributed by atoms with E-state index in [1.165, 1.54) is 15.6 Å². The van der Waals surface area contributed by atoms with Crippen molar-refractivity contribution in [2.24, 2.45) is 0 Å². The van der Waals surface area contributed by atoms with Crippen LogP contribution in [0.5, 0.6) is 5.75 Å². The van der Waals surface area contributed by atoms with Gasteiger partial charge in [-0.3, -0.25) is 4.79 Å². The summed E-state index contributed by atoms with van der Waals surface area (Å²) in [6.45, 7) is 5.19. The number of ether oxygens (including phenoxy) is 1. The molecule has 1 aliphatic rings. The standard InChI is InChI=1S/C18H21BrN2O4S2/c1-13-3-4-15(14(2)11-13)25-12-17(22)20-7-9-21(10-8-20)27(23,24)18-6-5-16(19)26-18/h3-6,11H,7-10,12H2,1-2H3. The number of carbonyl (C=O) groups excluding carboxylic acids is 1. The van der Waals surface area contributed by atoms with E-state index in [4.69, 9.17) is 4.74 Å². The number of benzene rings is 1. The fourth-order valence-electron chi connectivity index (χ4n) is 2.93. The lowest BCUT2D eigenvalue weighted by Gasteiger charge is -2.33. The maximum absolute atomic E-state index is 12.6.